The summed E-state index contributed by atoms with van der Waals surface area (Å²) in [6.07, 6.45) is 0. The number of amides is 3. The molecular formula is C18H17BrN2O3. The number of imide groups is 1. The molecule has 124 valence electrons. The number of carbonyl (C=O) groups excluding carboxylic acids is 2. The van der Waals surface area contributed by atoms with Crippen molar-refractivity contribution in [3.8, 4) is 5.75 Å². The zero-order chi connectivity index (χ0) is 17.2. The molecule has 0 saturated carbocycles. The van der Waals surface area contributed by atoms with Gasteiger partial charge in [-0.1, -0.05) is 46.3 Å². The van der Waals surface area contributed by atoms with Gasteiger partial charge in [0.15, 0.2) is 0 Å². The van der Waals surface area contributed by atoms with Crippen LogP contribution in [0.4, 0.5) is 4.79 Å². The van der Waals surface area contributed by atoms with Gasteiger partial charge < -0.3 is 10.1 Å². The molecule has 0 bridgehead atoms. The Morgan fingerprint density at radius 1 is 1.08 bits per heavy atom. The minimum Gasteiger partial charge on any atom is -0.492 e. The second-order valence-corrected chi connectivity index (χ2v) is 6.60. The number of nitrogens with zero attached hydrogens (tertiary/aromatic N) is 1. The smallest absolute Gasteiger partial charge is 0.325 e. The molecule has 24 heavy (non-hydrogen) atoms. The van der Waals surface area contributed by atoms with Crippen molar-refractivity contribution in [2.24, 2.45) is 0 Å². The van der Waals surface area contributed by atoms with Crippen molar-refractivity contribution >= 4 is 27.9 Å². The van der Waals surface area contributed by atoms with E-state index in [2.05, 4.69) is 21.2 Å². The van der Waals surface area contributed by atoms with Gasteiger partial charge in [-0.25, -0.2) is 4.79 Å². The summed E-state index contributed by atoms with van der Waals surface area (Å²) >= 11 is 3.37. The lowest BCUT2D eigenvalue weighted by atomic mass is 9.92. The van der Waals surface area contributed by atoms with Gasteiger partial charge in [0, 0.05) is 4.47 Å². The van der Waals surface area contributed by atoms with E-state index in [1.165, 1.54) is 4.90 Å². The van der Waals surface area contributed by atoms with Gasteiger partial charge >= 0.3 is 6.03 Å². The fourth-order valence-corrected chi connectivity index (χ4v) is 2.91. The van der Waals surface area contributed by atoms with E-state index in [4.69, 9.17) is 4.74 Å². The average Bonchev–Trinajstić information content (AvgIpc) is 2.80. The second kappa shape index (κ2) is 6.65. The summed E-state index contributed by atoms with van der Waals surface area (Å²) in [5, 5.41) is 2.78. The predicted molar refractivity (Wildman–Crippen MR) is 93.7 cm³/mol. The molecule has 3 rings (SSSR count). The number of hydrogen-bond acceptors (Lipinski definition) is 3. The first kappa shape index (κ1) is 16.5. The first-order valence-electron chi connectivity index (χ1n) is 7.59. The molecule has 1 aliphatic rings. The van der Waals surface area contributed by atoms with Crippen LogP contribution in [0.2, 0.25) is 0 Å². The van der Waals surface area contributed by atoms with Crippen LogP contribution in [0, 0.1) is 0 Å². The third-order valence-corrected chi connectivity index (χ3v) is 4.55. The van der Waals surface area contributed by atoms with E-state index in [1.54, 1.807) is 6.92 Å². The van der Waals surface area contributed by atoms with Crippen molar-refractivity contribution < 1.29 is 14.3 Å². The molecule has 0 unspecified atom stereocenters. The fourth-order valence-electron chi connectivity index (χ4n) is 2.65. The number of halogens is 1. The van der Waals surface area contributed by atoms with Gasteiger partial charge in [0.1, 0.15) is 17.9 Å². The van der Waals surface area contributed by atoms with Crippen molar-refractivity contribution in [3.63, 3.8) is 0 Å². The van der Waals surface area contributed by atoms with Gasteiger partial charge in [0.25, 0.3) is 5.91 Å². The van der Waals surface area contributed by atoms with Crippen LogP contribution in [0.15, 0.2) is 59.1 Å². The molecule has 0 aliphatic carbocycles. The number of hydrogen-bond donors (Lipinski definition) is 1. The molecule has 0 aromatic heterocycles. The Balaban J connectivity index is 1.68. The average molecular weight is 389 g/mol. The maximum atomic E-state index is 12.7. The lowest BCUT2D eigenvalue weighted by Gasteiger charge is -2.22. The lowest BCUT2D eigenvalue weighted by Crippen LogP contribution is -2.41. The van der Waals surface area contributed by atoms with Crippen LogP contribution >= 0.6 is 15.9 Å². The summed E-state index contributed by atoms with van der Waals surface area (Å²) < 4.78 is 6.49. The summed E-state index contributed by atoms with van der Waals surface area (Å²) in [7, 11) is 0. The van der Waals surface area contributed by atoms with E-state index >= 15 is 0 Å². The highest BCUT2D eigenvalue weighted by Crippen LogP contribution is 2.29. The lowest BCUT2D eigenvalue weighted by molar-refractivity contribution is -0.131. The Morgan fingerprint density at radius 2 is 1.75 bits per heavy atom. The van der Waals surface area contributed by atoms with E-state index in [9.17, 15) is 9.59 Å². The van der Waals surface area contributed by atoms with Crippen LogP contribution in [-0.4, -0.2) is 30.0 Å². The molecule has 1 atom stereocenters. The molecule has 2 aromatic rings. The zero-order valence-electron chi connectivity index (χ0n) is 13.2. The van der Waals surface area contributed by atoms with E-state index < -0.39 is 11.6 Å². The number of nitrogens with one attached hydrogen (secondary N) is 1. The van der Waals surface area contributed by atoms with Gasteiger partial charge in [-0.15, -0.1) is 0 Å². The molecule has 5 nitrogen and oxygen atoms in total. The van der Waals surface area contributed by atoms with E-state index in [0.717, 1.165) is 10.0 Å². The zero-order valence-corrected chi connectivity index (χ0v) is 14.7. The molecule has 3 amide bonds. The Bertz CT molecular complexity index is 749. The number of benzene rings is 2. The SMILES string of the molecule is C[C@@]1(c2ccc(Br)cc2)NC(=O)N(CCOc2ccccc2)C1=O. The van der Waals surface area contributed by atoms with Crippen molar-refractivity contribution in [2.45, 2.75) is 12.5 Å². The van der Waals surface area contributed by atoms with E-state index in [1.807, 2.05) is 54.6 Å². The monoisotopic (exact) mass is 388 g/mol. The summed E-state index contributed by atoms with van der Waals surface area (Å²) in [4.78, 5) is 26.2. The van der Waals surface area contributed by atoms with Crippen LogP contribution < -0.4 is 10.1 Å². The Morgan fingerprint density at radius 3 is 2.42 bits per heavy atom. The molecule has 0 spiro atoms. The number of carbonyl (C=O) groups is 2. The van der Waals surface area contributed by atoms with Gasteiger partial charge in [-0.05, 0) is 36.8 Å². The van der Waals surface area contributed by atoms with Gasteiger partial charge in [-0.3, -0.25) is 9.69 Å². The molecule has 6 heteroatoms. The topological polar surface area (TPSA) is 58.6 Å². The van der Waals surface area contributed by atoms with Gasteiger partial charge in [-0.2, -0.15) is 0 Å². The van der Waals surface area contributed by atoms with Crippen LogP contribution in [0.25, 0.3) is 0 Å². The number of urea groups is 1. The standard InChI is InChI=1S/C18H17BrN2O3/c1-18(13-7-9-14(19)10-8-13)16(22)21(17(23)20-18)11-12-24-15-5-3-2-4-6-15/h2-10H,11-12H2,1H3,(H,20,23)/t18-/m0/s1. The Kier molecular flexibility index (Phi) is 4.57. The molecular weight excluding hydrogens is 372 g/mol. The molecule has 0 radical (unpaired) electrons. The second-order valence-electron chi connectivity index (χ2n) is 5.68. The number of rotatable bonds is 5. The molecule has 1 heterocycles. The minimum atomic E-state index is -1.05. The highest BCUT2D eigenvalue weighted by molar-refractivity contribution is 9.10. The largest absolute Gasteiger partial charge is 0.492 e. The molecule has 1 saturated heterocycles. The predicted octanol–water partition coefficient (Wildman–Crippen LogP) is 3.30. The summed E-state index contributed by atoms with van der Waals surface area (Å²) in [5.41, 5.74) is -0.305. The number of para-hydroxylation sites is 1. The summed E-state index contributed by atoms with van der Waals surface area (Å²) in [6, 6.07) is 16.2. The van der Waals surface area contributed by atoms with Crippen molar-refractivity contribution in [2.75, 3.05) is 13.2 Å². The summed E-state index contributed by atoms with van der Waals surface area (Å²) in [5.74, 6) is 0.437. The number of ether oxygens (including phenoxy) is 1. The molecule has 1 aliphatic heterocycles. The van der Waals surface area contributed by atoms with Crippen molar-refractivity contribution in [1.29, 1.82) is 0 Å². The molecule has 1 fully saturated rings. The third-order valence-electron chi connectivity index (χ3n) is 4.02. The van der Waals surface area contributed by atoms with Gasteiger partial charge in [0.2, 0.25) is 0 Å². The van der Waals surface area contributed by atoms with Crippen LogP contribution in [0.1, 0.15) is 12.5 Å². The highest BCUT2D eigenvalue weighted by Gasteiger charge is 2.48. The van der Waals surface area contributed by atoms with Crippen molar-refractivity contribution in [1.82, 2.24) is 10.2 Å². The molecule has 1 N–H and O–H groups in total. The fraction of sp³-hybridized carbons (Fsp3) is 0.222. The maximum absolute atomic E-state index is 12.7. The third kappa shape index (κ3) is 3.14. The van der Waals surface area contributed by atoms with Crippen LogP contribution in [0.3, 0.4) is 0 Å². The van der Waals surface area contributed by atoms with Crippen molar-refractivity contribution in [3.05, 3.63) is 64.6 Å². The van der Waals surface area contributed by atoms with Crippen LogP contribution in [-0.2, 0) is 10.3 Å². The molecule has 2 aromatic carbocycles. The first-order chi connectivity index (χ1) is 11.5. The maximum Gasteiger partial charge on any atom is 0.325 e. The van der Waals surface area contributed by atoms with E-state index in [-0.39, 0.29) is 19.1 Å². The summed E-state index contributed by atoms with van der Waals surface area (Å²) in [6.45, 7) is 2.17. The quantitative estimate of drug-likeness (QED) is 0.799. The minimum absolute atomic E-state index is 0.200. The van der Waals surface area contributed by atoms with Gasteiger partial charge in [0.05, 0.1) is 6.54 Å². The van der Waals surface area contributed by atoms with E-state index in [0.29, 0.717) is 5.75 Å². The highest BCUT2D eigenvalue weighted by atomic mass is 79.9. The first-order valence-corrected chi connectivity index (χ1v) is 8.38. The normalized spacial score (nSPS) is 20.2. The Hall–Kier alpha value is -2.34. The Labute approximate surface area is 148 Å². The van der Waals surface area contributed by atoms with Crippen LogP contribution in [0.5, 0.6) is 5.75 Å².